The molecular formula is C16H31N3O. The highest BCUT2D eigenvalue weighted by Gasteiger charge is 2.32. The second-order valence-electron chi connectivity index (χ2n) is 6.44. The number of likely N-dealkylation sites (tertiary alicyclic amines) is 1. The van der Waals surface area contributed by atoms with Gasteiger partial charge in [-0.15, -0.1) is 0 Å². The van der Waals surface area contributed by atoms with Crippen LogP contribution in [0.4, 0.5) is 0 Å². The molecule has 20 heavy (non-hydrogen) atoms. The fraction of sp³-hybridized carbons (Fsp3) is 0.938. The smallest absolute Gasteiger partial charge is 0.237 e. The number of nitrogens with one attached hydrogen (secondary N) is 2. The van der Waals surface area contributed by atoms with Gasteiger partial charge in [-0.25, -0.2) is 0 Å². The van der Waals surface area contributed by atoms with Crippen molar-refractivity contribution in [2.75, 3.05) is 26.2 Å². The van der Waals surface area contributed by atoms with Crippen LogP contribution in [0.2, 0.25) is 0 Å². The maximum Gasteiger partial charge on any atom is 0.237 e. The second kappa shape index (κ2) is 7.99. The molecule has 0 bridgehead atoms. The number of hydrogen-bond donors (Lipinski definition) is 2. The van der Waals surface area contributed by atoms with E-state index in [9.17, 15) is 4.79 Å². The Kier molecular flexibility index (Phi) is 6.30. The van der Waals surface area contributed by atoms with Crippen LogP contribution < -0.4 is 10.6 Å². The predicted molar refractivity (Wildman–Crippen MR) is 82.7 cm³/mol. The molecule has 2 rings (SSSR count). The topological polar surface area (TPSA) is 44.4 Å². The highest BCUT2D eigenvalue weighted by molar-refractivity contribution is 5.81. The predicted octanol–water partition coefficient (Wildman–Crippen LogP) is 1.76. The van der Waals surface area contributed by atoms with Crippen LogP contribution in [-0.2, 0) is 4.79 Å². The molecule has 2 saturated heterocycles. The molecule has 2 aliphatic rings. The zero-order valence-corrected chi connectivity index (χ0v) is 13.2. The lowest BCUT2D eigenvalue weighted by Crippen LogP contribution is -2.52. The maximum atomic E-state index is 12.2. The van der Waals surface area contributed by atoms with Crippen molar-refractivity contribution in [1.82, 2.24) is 15.5 Å². The number of hydrogen-bond acceptors (Lipinski definition) is 3. The van der Waals surface area contributed by atoms with Crippen molar-refractivity contribution in [1.29, 1.82) is 0 Å². The summed E-state index contributed by atoms with van der Waals surface area (Å²) in [5.41, 5.74) is 0. The van der Waals surface area contributed by atoms with Gasteiger partial charge in [-0.2, -0.15) is 0 Å². The van der Waals surface area contributed by atoms with Crippen molar-refractivity contribution >= 4 is 5.91 Å². The van der Waals surface area contributed by atoms with E-state index in [0.717, 1.165) is 39.0 Å². The van der Waals surface area contributed by atoms with E-state index in [2.05, 4.69) is 29.4 Å². The highest BCUT2D eigenvalue weighted by atomic mass is 16.2. The van der Waals surface area contributed by atoms with Gasteiger partial charge < -0.3 is 10.6 Å². The van der Waals surface area contributed by atoms with Crippen molar-refractivity contribution < 1.29 is 4.79 Å². The molecule has 2 N–H and O–H groups in total. The number of amides is 1. The molecule has 4 nitrogen and oxygen atoms in total. The molecule has 0 spiro atoms. The van der Waals surface area contributed by atoms with Crippen molar-refractivity contribution in [2.24, 2.45) is 5.92 Å². The van der Waals surface area contributed by atoms with Gasteiger partial charge in [0.1, 0.15) is 0 Å². The second-order valence-corrected chi connectivity index (χ2v) is 6.44. The van der Waals surface area contributed by atoms with Crippen LogP contribution in [0.3, 0.4) is 0 Å². The summed E-state index contributed by atoms with van der Waals surface area (Å²) in [6.07, 6.45) is 7.05. The lowest BCUT2D eigenvalue weighted by atomic mass is 9.90. The van der Waals surface area contributed by atoms with Crippen LogP contribution in [0, 0.1) is 5.92 Å². The fourth-order valence-electron chi connectivity index (χ4n) is 3.54. The minimum atomic E-state index is 0.124. The van der Waals surface area contributed by atoms with E-state index in [4.69, 9.17) is 0 Å². The molecule has 0 aromatic carbocycles. The van der Waals surface area contributed by atoms with E-state index in [0.29, 0.717) is 12.0 Å². The molecule has 0 saturated carbocycles. The Morgan fingerprint density at radius 1 is 1.35 bits per heavy atom. The van der Waals surface area contributed by atoms with Crippen molar-refractivity contribution in [3.63, 3.8) is 0 Å². The number of nitrogens with zero attached hydrogens (tertiary/aromatic N) is 1. The third kappa shape index (κ3) is 4.19. The molecule has 2 fully saturated rings. The summed E-state index contributed by atoms with van der Waals surface area (Å²) in [4.78, 5) is 14.6. The molecule has 0 aromatic rings. The van der Waals surface area contributed by atoms with Crippen LogP contribution in [-0.4, -0.2) is 49.1 Å². The van der Waals surface area contributed by atoms with Gasteiger partial charge >= 0.3 is 0 Å². The normalized spacial score (nSPS) is 30.6. The molecule has 4 heteroatoms. The van der Waals surface area contributed by atoms with Gasteiger partial charge in [-0.05, 0) is 64.5 Å². The highest BCUT2D eigenvalue weighted by Crippen LogP contribution is 2.24. The van der Waals surface area contributed by atoms with Crippen LogP contribution in [0.25, 0.3) is 0 Å². The van der Waals surface area contributed by atoms with Gasteiger partial charge in [0.25, 0.3) is 0 Å². The largest absolute Gasteiger partial charge is 0.355 e. The SMILES string of the molecule is CCCNC(C)C1CCCN(C2CCCCNC2=O)C1. The Labute approximate surface area is 123 Å². The summed E-state index contributed by atoms with van der Waals surface area (Å²) in [6, 6.07) is 0.685. The molecule has 3 atom stereocenters. The van der Waals surface area contributed by atoms with E-state index in [1.807, 2.05) is 0 Å². The van der Waals surface area contributed by atoms with Crippen LogP contribution in [0.5, 0.6) is 0 Å². The van der Waals surface area contributed by atoms with Crippen LogP contribution in [0.15, 0.2) is 0 Å². The van der Waals surface area contributed by atoms with Gasteiger partial charge in [0.15, 0.2) is 0 Å². The Balaban J connectivity index is 1.90. The average Bonchev–Trinajstić information content (AvgIpc) is 2.69. The van der Waals surface area contributed by atoms with Gasteiger partial charge in [0, 0.05) is 19.1 Å². The molecule has 2 heterocycles. The first-order valence-electron chi connectivity index (χ1n) is 8.47. The first-order chi connectivity index (χ1) is 9.72. The zero-order valence-electron chi connectivity index (χ0n) is 13.2. The molecule has 0 aliphatic carbocycles. The first-order valence-corrected chi connectivity index (χ1v) is 8.47. The van der Waals surface area contributed by atoms with Crippen LogP contribution >= 0.6 is 0 Å². The van der Waals surface area contributed by atoms with E-state index >= 15 is 0 Å². The zero-order chi connectivity index (χ0) is 14.4. The Morgan fingerprint density at radius 2 is 2.20 bits per heavy atom. The van der Waals surface area contributed by atoms with Crippen molar-refractivity contribution in [3.05, 3.63) is 0 Å². The third-order valence-electron chi connectivity index (χ3n) is 4.86. The Hall–Kier alpha value is -0.610. The summed E-state index contributed by atoms with van der Waals surface area (Å²) >= 11 is 0. The summed E-state index contributed by atoms with van der Waals surface area (Å²) in [5, 5.41) is 6.70. The van der Waals surface area contributed by atoms with Gasteiger partial charge in [0.2, 0.25) is 5.91 Å². The third-order valence-corrected chi connectivity index (χ3v) is 4.86. The number of rotatable bonds is 5. The molecular weight excluding hydrogens is 250 g/mol. The van der Waals surface area contributed by atoms with Gasteiger partial charge in [0.05, 0.1) is 6.04 Å². The standard InChI is InChI=1S/C16H31N3O/c1-3-9-17-13(2)14-7-6-11-19(12-14)15-8-4-5-10-18-16(15)20/h13-15,17H,3-12H2,1-2H3,(H,18,20). The summed E-state index contributed by atoms with van der Waals surface area (Å²) in [7, 11) is 0. The molecule has 0 aromatic heterocycles. The Bertz CT molecular complexity index is 308. The summed E-state index contributed by atoms with van der Waals surface area (Å²) < 4.78 is 0. The average molecular weight is 281 g/mol. The van der Waals surface area contributed by atoms with Gasteiger partial charge in [-0.1, -0.05) is 6.92 Å². The van der Waals surface area contributed by atoms with E-state index in [1.54, 1.807) is 0 Å². The minimum Gasteiger partial charge on any atom is -0.355 e. The summed E-state index contributed by atoms with van der Waals surface area (Å²) in [6.45, 7) is 8.65. The number of piperidine rings is 1. The van der Waals surface area contributed by atoms with Crippen LogP contribution in [0.1, 0.15) is 52.4 Å². The van der Waals surface area contributed by atoms with E-state index in [1.165, 1.54) is 25.7 Å². The lowest BCUT2D eigenvalue weighted by Gasteiger charge is -2.39. The van der Waals surface area contributed by atoms with Crippen molar-refractivity contribution in [2.45, 2.75) is 64.5 Å². The number of carbonyl (C=O) groups excluding carboxylic acids is 1. The minimum absolute atomic E-state index is 0.124. The fourth-order valence-corrected chi connectivity index (χ4v) is 3.54. The first kappa shape index (κ1) is 15.8. The lowest BCUT2D eigenvalue weighted by molar-refractivity contribution is -0.127. The monoisotopic (exact) mass is 281 g/mol. The molecule has 0 radical (unpaired) electrons. The quantitative estimate of drug-likeness (QED) is 0.807. The van der Waals surface area contributed by atoms with E-state index < -0.39 is 0 Å². The van der Waals surface area contributed by atoms with Gasteiger partial charge in [-0.3, -0.25) is 9.69 Å². The van der Waals surface area contributed by atoms with E-state index in [-0.39, 0.29) is 11.9 Å². The number of carbonyl (C=O) groups is 1. The summed E-state index contributed by atoms with van der Waals surface area (Å²) in [5.74, 6) is 0.948. The Morgan fingerprint density at radius 3 is 3.00 bits per heavy atom. The molecule has 3 unspecified atom stereocenters. The molecule has 1 amide bonds. The molecule has 2 aliphatic heterocycles. The maximum absolute atomic E-state index is 12.2. The molecule has 116 valence electrons. The van der Waals surface area contributed by atoms with Crippen molar-refractivity contribution in [3.8, 4) is 0 Å².